The Balaban J connectivity index is 2.86. The molecule has 0 unspecified atom stereocenters. The summed E-state index contributed by atoms with van der Waals surface area (Å²) in [6.45, 7) is 0.282. The summed E-state index contributed by atoms with van der Waals surface area (Å²) < 4.78 is 51.7. The van der Waals surface area contributed by atoms with Gasteiger partial charge >= 0.3 is 0 Å². The average Bonchev–Trinajstić information content (AvgIpc) is 2.22. The van der Waals surface area contributed by atoms with Crippen molar-refractivity contribution >= 4 is 32.6 Å². The molecule has 1 aromatic rings. The topological polar surface area (TPSA) is 46.2 Å². The third-order valence-corrected chi connectivity index (χ3v) is 4.03. The Morgan fingerprint density at radius 3 is 2.50 bits per heavy atom. The van der Waals surface area contributed by atoms with Crippen LogP contribution in [0.3, 0.4) is 0 Å². The molecule has 0 aliphatic heterocycles. The van der Waals surface area contributed by atoms with Crippen molar-refractivity contribution in [3.05, 3.63) is 29.8 Å². The summed E-state index contributed by atoms with van der Waals surface area (Å²) in [6, 6.07) is 2.49. The number of sulfonamides is 1. The zero-order chi connectivity index (χ0) is 12.2. The van der Waals surface area contributed by atoms with Crippen LogP contribution >= 0.6 is 22.6 Å². The van der Waals surface area contributed by atoms with E-state index < -0.39 is 21.7 Å². The van der Waals surface area contributed by atoms with Crippen LogP contribution in [0.15, 0.2) is 23.1 Å². The van der Waals surface area contributed by atoms with Crippen molar-refractivity contribution < 1.29 is 17.2 Å². The fourth-order valence-electron chi connectivity index (χ4n) is 1.00. The molecule has 90 valence electrons. The lowest BCUT2D eigenvalue weighted by molar-refractivity contribution is 0.504. The number of benzene rings is 1. The van der Waals surface area contributed by atoms with Gasteiger partial charge in [-0.25, -0.2) is 21.9 Å². The molecule has 3 nitrogen and oxygen atoms in total. The predicted molar refractivity (Wildman–Crippen MR) is 65.1 cm³/mol. The van der Waals surface area contributed by atoms with E-state index in [1.54, 1.807) is 0 Å². The Morgan fingerprint density at radius 1 is 1.25 bits per heavy atom. The second-order valence-corrected chi connectivity index (χ2v) is 5.86. The van der Waals surface area contributed by atoms with Gasteiger partial charge in [0.05, 0.1) is 4.90 Å². The third-order valence-electron chi connectivity index (χ3n) is 1.80. The fourth-order valence-corrected chi connectivity index (χ4v) is 2.47. The molecule has 1 rings (SSSR count). The van der Waals surface area contributed by atoms with Crippen LogP contribution in [0.4, 0.5) is 8.78 Å². The maximum absolute atomic E-state index is 12.8. The summed E-state index contributed by atoms with van der Waals surface area (Å²) in [4.78, 5) is -0.264. The van der Waals surface area contributed by atoms with Crippen molar-refractivity contribution in [1.29, 1.82) is 0 Å². The highest BCUT2D eigenvalue weighted by molar-refractivity contribution is 14.1. The Kier molecular flexibility index (Phi) is 5.06. The van der Waals surface area contributed by atoms with Gasteiger partial charge in [-0.1, -0.05) is 22.6 Å². The van der Waals surface area contributed by atoms with E-state index in [0.29, 0.717) is 12.5 Å². The Bertz CT molecular complexity index is 465. The summed E-state index contributed by atoms with van der Waals surface area (Å²) in [7, 11) is -3.73. The monoisotopic (exact) mass is 361 g/mol. The number of rotatable bonds is 5. The van der Waals surface area contributed by atoms with Crippen molar-refractivity contribution in [2.24, 2.45) is 0 Å². The minimum Gasteiger partial charge on any atom is -0.211 e. The molecule has 0 aliphatic rings. The highest BCUT2D eigenvalue weighted by Gasteiger charge is 2.15. The second-order valence-electron chi connectivity index (χ2n) is 3.02. The van der Waals surface area contributed by atoms with Crippen LogP contribution in [0.1, 0.15) is 6.42 Å². The standard InChI is InChI=1S/C9H10F2INO2S/c10-8-3-2-7(6-9(8)11)16(14,15)13-5-1-4-12/h2-3,6,13H,1,4-5H2. The highest BCUT2D eigenvalue weighted by Crippen LogP contribution is 2.13. The lowest BCUT2D eigenvalue weighted by Crippen LogP contribution is -2.25. The lowest BCUT2D eigenvalue weighted by Gasteiger charge is -2.05. The van der Waals surface area contributed by atoms with Crippen molar-refractivity contribution in [1.82, 2.24) is 4.72 Å². The van der Waals surface area contributed by atoms with Crippen LogP contribution in [0.2, 0.25) is 0 Å². The molecule has 1 aromatic carbocycles. The highest BCUT2D eigenvalue weighted by atomic mass is 127. The van der Waals surface area contributed by atoms with Crippen LogP contribution < -0.4 is 4.72 Å². The van der Waals surface area contributed by atoms with Crippen molar-refractivity contribution in [2.75, 3.05) is 11.0 Å². The van der Waals surface area contributed by atoms with Gasteiger partial charge in [-0.3, -0.25) is 0 Å². The van der Waals surface area contributed by atoms with E-state index in [4.69, 9.17) is 0 Å². The van der Waals surface area contributed by atoms with Gasteiger partial charge in [0.2, 0.25) is 10.0 Å². The largest absolute Gasteiger partial charge is 0.240 e. The minimum absolute atomic E-state index is 0.264. The molecular weight excluding hydrogens is 351 g/mol. The van der Waals surface area contributed by atoms with E-state index in [1.165, 1.54) is 0 Å². The molecule has 0 fully saturated rings. The molecule has 7 heteroatoms. The van der Waals surface area contributed by atoms with E-state index >= 15 is 0 Å². The number of hydrogen-bond acceptors (Lipinski definition) is 2. The molecule has 16 heavy (non-hydrogen) atoms. The maximum atomic E-state index is 12.8. The lowest BCUT2D eigenvalue weighted by atomic mass is 10.3. The van der Waals surface area contributed by atoms with Gasteiger partial charge in [-0.05, 0) is 24.6 Å². The molecule has 0 atom stereocenters. The molecule has 1 N–H and O–H groups in total. The second kappa shape index (κ2) is 5.87. The molecule has 0 saturated carbocycles. The Labute approximate surface area is 106 Å². The first-order chi connectivity index (χ1) is 7.47. The zero-order valence-electron chi connectivity index (χ0n) is 8.21. The fraction of sp³-hybridized carbons (Fsp3) is 0.333. The SMILES string of the molecule is O=S(=O)(NCCCI)c1ccc(F)c(F)c1. The predicted octanol–water partition coefficient (Wildman–Crippen LogP) is 2.07. The summed E-state index contributed by atoms with van der Waals surface area (Å²) in [6.07, 6.45) is 0.684. The molecule has 0 aliphatic carbocycles. The Morgan fingerprint density at radius 2 is 1.94 bits per heavy atom. The smallest absolute Gasteiger partial charge is 0.211 e. The number of halogens is 3. The van der Waals surface area contributed by atoms with Gasteiger partial charge in [0.1, 0.15) is 0 Å². The van der Waals surface area contributed by atoms with Gasteiger partial charge in [0, 0.05) is 11.0 Å². The molecule has 0 saturated heterocycles. The van der Waals surface area contributed by atoms with Gasteiger partial charge < -0.3 is 0 Å². The molecule has 0 aromatic heterocycles. The molecule has 0 amide bonds. The van der Waals surface area contributed by atoms with Gasteiger partial charge in [-0.15, -0.1) is 0 Å². The quantitative estimate of drug-likeness (QED) is 0.496. The molecule has 0 radical (unpaired) electrons. The van der Waals surface area contributed by atoms with Crippen LogP contribution in [0, 0.1) is 11.6 Å². The number of alkyl halides is 1. The van der Waals surface area contributed by atoms with E-state index in [-0.39, 0.29) is 11.4 Å². The Hall–Kier alpha value is -0.280. The normalized spacial score (nSPS) is 11.7. The number of nitrogens with one attached hydrogen (secondary N) is 1. The summed E-state index contributed by atoms with van der Waals surface area (Å²) in [5.74, 6) is -2.23. The average molecular weight is 361 g/mol. The zero-order valence-corrected chi connectivity index (χ0v) is 11.2. The van der Waals surface area contributed by atoms with Crippen LogP contribution in [-0.2, 0) is 10.0 Å². The third kappa shape index (κ3) is 3.63. The van der Waals surface area contributed by atoms with Gasteiger partial charge in [0.25, 0.3) is 0 Å². The van der Waals surface area contributed by atoms with E-state index in [1.807, 2.05) is 0 Å². The maximum Gasteiger partial charge on any atom is 0.240 e. The van der Waals surface area contributed by atoms with Gasteiger partial charge in [0.15, 0.2) is 11.6 Å². The van der Waals surface area contributed by atoms with Crippen molar-refractivity contribution in [3.8, 4) is 0 Å². The molecule has 0 spiro atoms. The molecule has 0 heterocycles. The molecule has 0 bridgehead atoms. The number of hydrogen-bond donors (Lipinski definition) is 1. The van der Waals surface area contributed by atoms with Crippen molar-refractivity contribution in [2.45, 2.75) is 11.3 Å². The minimum atomic E-state index is -3.73. The summed E-state index contributed by atoms with van der Waals surface area (Å²) >= 11 is 2.12. The first kappa shape index (κ1) is 13.8. The summed E-state index contributed by atoms with van der Waals surface area (Å²) in [5, 5.41) is 0. The summed E-state index contributed by atoms with van der Waals surface area (Å²) in [5.41, 5.74) is 0. The van der Waals surface area contributed by atoms with E-state index in [2.05, 4.69) is 27.3 Å². The first-order valence-electron chi connectivity index (χ1n) is 4.48. The van der Waals surface area contributed by atoms with Crippen molar-refractivity contribution in [3.63, 3.8) is 0 Å². The van der Waals surface area contributed by atoms with Gasteiger partial charge in [-0.2, -0.15) is 0 Å². The van der Waals surface area contributed by atoms with Crippen LogP contribution in [-0.4, -0.2) is 19.4 Å². The molecular formula is C9H10F2INO2S. The van der Waals surface area contributed by atoms with E-state index in [0.717, 1.165) is 16.6 Å². The van der Waals surface area contributed by atoms with Crippen LogP contribution in [0.5, 0.6) is 0 Å². The first-order valence-corrected chi connectivity index (χ1v) is 7.49. The van der Waals surface area contributed by atoms with Crippen LogP contribution in [0.25, 0.3) is 0 Å². The van der Waals surface area contributed by atoms with E-state index in [9.17, 15) is 17.2 Å².